The topological polar surface area (TPSA) is 29.5 Å². The van der Waals surface area contributed by atoms with Crippen molar-refractivity contribution in [1.82, 2.24) is 0 Å². The summed E-state index contributed by atoms with van der Waals surface area (Å²) >= 11 is 0. The molecule has 2 heteroatoms. The molecule has 1 unspecified atom stereocenters. The highest BCUT2D eigenvalue weighted by Crippen LogP contribution is 2.21. The summed E-state index contributed by atoms with van der Waals surface area (Å²) in [6.45, 7) is 2.33. The third-order valence-corrected chi connectivity index (χ3v) is 3.06. The van der Waals surface area contributed by atoms with E-state index in [0.717, 1.165) is 23.5 Å². The summed E-state index contributed by atoms with van der Waals surface area (Å²) in [7, 11) is 0. The Labute approximate surface area is 120 Å². The molecule has 2 aromatic carbocycles. The molecule has 104 valence electrons. The Hall–Kier alpha value is -2.06. The molecule has 0 aliphatic rings. The zero-order chi connectivity index (χ0) is 14.2. The second kappa shape index (κ2) is 7.51. The summed E-state index contributed by atoms with van der Waals surface area (Å²) in [4.78, 5) is 0. The van der Waals surface area contributed by atoms with Gasteiger partial charge in [-0.3, -0.25) is 0 Å². The number of para-hydroxylation sites is 1. The molecule has 0 aliphatic heterocycles. The molecule has 0 radical (unpaired) electrons. The van der Waals surface area contributed by atoms with E-state index in [2.05, 4.69) is 19.1 Å². The number of benzene rings is 2. The average Bonchev–Trinajstić information content (AvgIpc) is 2.48. The van der Waals surface area contributed by atoms with Crippen LogP contribution in [0.4, 0.5) is 0 Å². The fraction of sp³-hybridized carbons (Fsp3) is 0.222. The molecule has 1 N–H and O–H groups in total. The highest BCUT2D eigenvalue weighted by molar-refractivity contribution is 5.51. The lowest BCUT2D eigenvalue weighted by Gasteiger charge is -2.06. The lowest BCUT2D eigenvalue weighted by atomic mass is 10.1. The zero-order valence-electron chi connectivity index (χ0n) is 11.7. The quantitative estimate of drug-likeness (QED) is 0.835. The number of hydrogen-bond acceptors (Lipinski definition) is 2. The molecular weight excluding hydrogens is 248 g/mol. The molecule has 2 rings (SSSR count). The standard InChI is InChI=1S/C18H20O2/c1-15(13-14-19)7-8-16-9-11-18(12-10-16)20-17-5-3-2-4-6-17/h2-12,15,19H,13-14H2,1H3. The largest absolute Gasteiger partial charge is 0.457 e. The molecular formula is C18H20O2. The van der Waals surface area contributed by atoms with Crippen molar-refractivity contribution < 1.29 is 9.84 Å². The van der Waals surface area contributed by atoms with Gasteiger partial charge in [-0.05, 0) is 42.2 Å². The van der Waals surface area contributed by atoms with Gasteiger partial charge in [0.05, 0.1) is 0 Å². The lowest BCUT2D eigenvalue weighted by molar-refractivity contribution is 0.274. The van der Waals surface area contributed by atoms with Gasteiger partial charge in [0, 0.05) is 6.61 Å². The summed E-state index contributed by atoms with van der Waals surface area (Å²) in [5.41, 5.74) is 1.13. The molecule has 0 aliphatic carbocycles. The van der Waals surface area contributed by atoms with Crippen molar-refractivity contribution in [2.45, 2.75) is 13.3 Å². The molecule has 0 bridgehead atoms. The number of aliphatic hydroxyl groups is 1. The molecule has 0 saturated heterocycles. The third-order valence-electron chi connectivity index (χ3n) is 3.06. The minimum absolute atomic E-state index is 0.232. The predicted molar refractivity (Wildman–Crippen MR) is 82.9 cm³/mol. The van der Waals surface area contributed by atoms with Crippen molar-refractivity contribution in [2.24, 2.45) is 5.92 Å². The maximum Gasteiger partial charge on any atom is 0.127 e. The Balaban J connectivity index is 1.96. The second-order valence-corrected chi connectivity index (χ2v) is 4.83. The first kappa shape index (κ1) is 14.4. The van der Waals surface area contributed by atoms with Gasteiger partial charge in [-0.1, -0.05) is 49.4 Å². The smallest absolute Gasteiger partial charge is 0.127 e. The lowest BCUT2D eigenvalue weighted by Crippen LogP contribution is -1.92. The monoisotopic (exact) mass is 268 g/mol. The zero-order valence-corrected chi connectivity index (χ0v) is 11.7. The van der Waals surface area contributed by atoms with E-state index in [1.807, 2.05) is 54.6 Å². The summed E-state index contributed by atoms with van der Waals surface area (Å²) in [6.07, 6.45) is 4.99. The van der Waals surface area contributed by atoms with Crippen molar-refractivity contribution in [3.63, 3.8) is 0 Å². The molecule has 0 amide bonds. The number of allylic oxidation sites excluding steroid dienone is 1. The molecule has 0 saturated carbocycles. The first-order chi connectivity index (χ1) is 9.78. The van der Waals surface area contributed by atoms with Crippen LogP contribution in [0.3, 0.4) is 0 Å². The van der Waals surface area contributed by atoms with Gasteiger partial charge in [0.1, 0.15) is 11.5 Å². The van der Waals surface area contributed by atoms with Crippen molar-refractivity contribution in [3.8, 4) is 11.5 Å². The molecule has 0 spiro atoms. The molecule has 2 aromatic rings. The van der Waals surface area contributed by atoms with Crippen molar-refractivity contribution in [2.75, 3.05) is 6.61 Å². The van der Waals surface area contributed by atoms with Gasteiger partial charge in [-0.25, -0.2) is 0 Å². The molecule has 0 heterocycles. The van der Waals surface area contributed by atoms with E-state index in [4.69, 9.17) is 9.84 Å². The summed E-state index contributed by atoms with van der Waals surface area (Å²) in [5, 5.41) is 8.86. The Morgan fingerprint density at radius 3 is 2.30 bits per heavy atom. The normalized spacial score (nSPS) is 12.5. The fourth-order valence-electron chi connectivity index (χ4n) is 1.85. The van der Waals surface area contributed by atoms with Crippen molar-refractivity contribution >= 4 is 6.08 Å². The molecule has 20 heavy (non-hydrogen) atoms. The SMILES string of the molecule is CC(C=Cc1ccc(Oc2ccccc2)cc1)CCO. The van der Waals surface area contributed by atoms with Crippen LogP contribution in [0.15, 0.2) is 60.7 Å². The van der Waals surface area contributed by atoms with Gasteiger partial charge in [-0.15, -0.1) is 0 Å². The number of hydrogen-bond donors (Lipinski definition) is 1. The van der Waals surface area contributed by atoms with E-state index in [9.17, 15) is 0 Å². The maximum atomic E-state index is 8.86. The van der Waals surface area contributed by atoms with Gasteiger partial charge in [0.15, 0.2) is 0 Å². The van der Waals surface area contributed by atoms with E-state index < -0.39 is 0 Å². The Kier molecular flexibility index (Phi) is 5.39. The number of aliphatic hydroxyl groups excluding tert-OH is 1. The Bertz CT molecular complexity index is 529. The van der Waals surface area contributed by atoms with E-state index >= 15 is 0 Å². The second-order valence-electron chi connectivity index (χ2n) is 4.83. The summed E-state index contributed by atoms with van der Waals surface area (Å²) < 4.78 is 5.74. The number of rotatable bonds is 6. The van der Waals surface area contributed by atoms with Crippen LogP contribution in [0.1, 0.15) is 18.9 Å². The van der Waals surface area contributed by atoms with Crippen LogP contribution >= 0.6 is 0 Å². The first-order valence-electron chi connectivity index (χ1n) is 6.90. The summed E-state index contributed by atoms with van der Waals surface area (Å²) in [6, 6.07) is 17.7. The van der Waals surface area contributed by atoms with Crippen LogP contribution in [0.5, 0.6) is 11.5 Å². The van der Waals surface area contributed by atoms with E-state index in [1.165, 1.54) is 0 Å². The van der Waals surface area contributed by atoms with Crippen LogP contribution in [0.25, 0.3) is 6.08 Å². The highest BCUT2D eigenvalue weighted by atomic mass is 16.5. The Morgan fingerprint density at radius 2 is 1.65 bits per heavy atom. The highest BCUT2D eigenvalue weighted by Gasteiger charge is 1.97. The predicted octanol–water partition coefficient (Wildman–Crippen LogP) is 4.51. The van der Waals surface area contributed by atoms with Crippen LogP contribution in [-0.2, 0) is 0 Å². The van der Waals surface area contributed by atoms with E-state index in [1.54, 1.807) is 0 Å². The minimum Gasteiger partial charge on any atom is -0.457 e. The van der Waals surface area contributed by atoms with Gasteiger partial charge >= 0.3 is 0 Å². The minimum atomic E-state index is 0.232. The van der Waals surface area contributed by atoms with Gasteiger partial charge in [0.25, 0.3) is 0 Å². The van der Waals surface area contributed by atoms with Gasteiger partial charge in [-0.2, -0.15) is 0 Å². The van der Waals surface area contributed by atoms with Gasteiger partial charge in [0.2, 0.25) is 0 Å². The number of ether oxygens (including phenoxy) is 1. The Morgan fingerprint density at radius 1 is 1.00 bits per heavy atom. The average molecular weight is 268 g/mol. The van der Waals surface area contributed by atoms with Gasteiger partial charge < -0.3 is 9.84 Å². The van der Waals surface area contributed by atoms with E-state index in [0.29, 0.717) is 5.92 Å². The van der Waals surface area contributed by atoms with Crippen molar-refractivity contribution in [3.05, 3.63) is 66.2 Å². The van der Waals surface area contributed by atoms with Crippen LogP contribution < -0.4 is 4.74 Å². The maximum absolute atomic E-state index is 8.86. The molecule has 0 aromatic heterocycles. The summed E-state index contributed by atoms with van der Waals surface area (Å²) in [5.74, 6) is 2.06. The third kappa shape index (κ3) is 4.56. The van der Waals surface area contributed by atoms with Crippen LogP contribution in [-0.4, -0.2) is 11.7 Å². The van der Waals surface area contributed by atoms with Crippen LogP contribution in [0, 0.1) is 5.92 Å². The fourth-order valence-corrected chi connectivity index (χ4v) is 1.85. The van der Waals surface area contributed by atoms with Crippen LogP contribution in [0.2, 0.25) is 0 Å². The first-order valence-corrected chi connectivity index (χ1v) is 6.90. The van der Waals surface area contributed by atoms with E-state index in [-0.39, 0.29) is 6.61 Å². The molecule has 1 atom stereocenters. The molecule has 0 fully saturated rings. The molecule has 2 nitrogen and oxygen atoms in total. The van der Waals surface area contributed by atoms with Crippen molar-refractivity contribution in [1.29, 1.82) is 0 Å².